The van der Waals surface area contributed by atoms with Gasteiger partial charge in [0.2, 0.25) is 10.0 Å². The fraction of sp³-hybridized carbons (Fsp3) is 0.455. The minimum absolute atomic E-state index is 0.168. The Morgan fingerprint density at radius 1 is 1.31 bits per heavy atom. The van der Waals surface area contributed by atoms with E-state index >= 15 is 0 Å². The quantitative estimate of drug-likeness (QED) is 0.787. The standard InChI is InChI=1S/C11H16N2O2S/c1-10-3-2-4-11(9-10)13-7-5-12-6-8-16(13,14)15/h2-4,9,12H,5-8H2,1H3. The highest BCUT2D eigenvalue weighted by molar-refractivity contribution is 7.92. The van der Waals surface area contributed by atoms with Crippen LogP contribution in [0.25, 0.3) is 0 Å². The Morgan fingerprint density at radius 2 is 2.12 bits per heavy atom. The molecule has 2 rings (SSSR count). The monoisotopic (exact) mass is 240 g/mol. The number of rotatable bonds is 1. The molecule has 88 valence electrons. The molecule has 0 bridgehead atoms. The first-order chi connectivity index (χ1) is 7.59. The molecule has 5 heteroatoms. The molecular formula is C11H16N2O2S. The Hall–Kier alpha value is -1.07. The Morgan fingerprint density at radius 3 is 2.88 bits per heavy atom. The second kappa shape index (κ2) is 4.43. The van der Waals surface area contributed by atoms with Crippen LogP contribution in [0.5, 0.6) is 0 Å². The number of hydrogen-bond acceptors (Lipinski definition) is 3. The number of hydrogen-bond donors (Lipinski definition) is 1. The van der Waals surface area contributed by atoms with Crippen LogP contribution < -0.4 is 9.62 Å². The number of benzene rings is 1. The fourth-order valence-corrected chi connectivity index (χ4v) is 3.26. The van der Waals surface area contributed by atoms with Crippen molar-refractivity contribution in [3.8, 4) is 0 Å². The summed E-state index contributed by atoms with van der Waals surface area (Å²) in [7, 11) is -3.16. The molecular weight excluding hydrogens is 224 g/mol. The van der Waals surface area contributed by atoms with E-state index in [0.29, 0.717) is 19.6 Å². The van der Waals surface area contributed by atoms with Gasteiger partial charge in [0.25, 0.3) is 0 Å². The molecule has 0 atom stereocenters. The highest BCUT2D eigenvalue weighted by Gasteiger charge is 2.24. The molecule has 0 amide bonds. The second-order valence-electron chi connectivity index (χ2n) is 3.98. The number of anilines is 1. The third kappa shape index (κ3) is 2.36. The molecule has 1 aliphatic heterocycles. The van der Waals surface area contributed by atoms with Crippen LogP contribution in [0.15, 0.2) is 24.3 Å². The molecule has 0 spiro atoms. The summed E-state index contributed by atoms with van der Waals surface area (Å²) in [5.74, 6) is 0.168. The van der Waals surface area contributed by atoms with E-state index in [-0.39, 0.29) is 5.75 Å². The van der Waals surface area contributed by atoms with Crippen LogP contribution in [0.4, 0.5) is 5.69 Å². The van der Waals surface area contributed by atoms with Crippen molar-refractivity contribution < 1.29 is 8.42 Å². The summed E-state index contributed by atoms with van der Waals surface area (Å²) >= 11 is 0. The van der Waals surface area contributed by atoms with Gasteiger partial charge in [-0.05, 0) is 24.6 Å². The Labute approximate surface area is 96.3 Å². The first-order valence-electron chi connectivity index (χ1n) is 5.37. The average Bonchev–Trinajstić information content (AvgIpc) is 2.39. The third-order valence-corrected chi connectivity index (χ3v) is 4.44. The normalized spacial score (nSPS) is 20.4. The highest BCUT2D eigenvalue weighted by atomic mass is 32.2. The summed E-state index contributed by atoms with van der Waals surface area (Å²) in [4.78, 5) is 0. The first kappa shape index (κ1) is 11.4. The maximum absolute atomic E-state index is 12.0. The molecule has 1 aliphatic rings. The molecule has 1 saturated heterocycles. The maximum Gasteiger partial charge on any atom is 0.236 e. The molecule has 16 heavy (non-hydrogen) atoms. The molecule has 1 fully saturated rings. The van der Waals surface area contributed by atoms with Gasteiger partial charge in [-0.3, -0.25) is 4.31 Å². The van der Waals surface area contributed by atoms with Crippen LogP contribution >= 0.6 is 0 Å². The predicted octanol–water partition coefficient (Wildman–Crippen LogP) is 0.734. The molecule has 0 saturated carbocycles. The van der Waals surface area contributed by atoms with Crippen molar-refractivity contribution in [2.24, 2.45) is 0 Å². The topological polar surface area (TPSA) is 49.4 Å². The molecule has 1 aromatic rings. The summed E-state index contributed by atoms with van der Waals surface area (Å²) in [5, 5.41) is 3.10. The van der Waals surface area contributed by atoms with Crippen LogP contribution in [0, 0.1) is 6.92 Å². The molecule has 0 aliphatic carbocycles. The van der Waals surface area contributed by atoms with Crippen LogP contribution in [-0.4, -0.2) is 33.8 Å². The van der Waals surface area contributed by atoms with Crippen molar-refractivity contribution in [3.63, 3.8) is 0 Å². The van der Waals surface area contributed by atoms with Crippen LogP contribution in [0.1, 0.15) is 5.56 Å². The van der Waals surface area contributed by atoms with Gasteiger partial charge in [-0.15, -0.1) is 0 Å². The molecule has 0 aromatic heterocycles. The summed E-state index contributed by atoms with van der Waals surface area (Å²) in [6.07, 6.45) is 0. The second-order valence-corrected chi connectivity index (χ2v) is 5.99. The molecule has 1 aromatic carbocycles. The SMILES string of the molecule is Cc1cccc(N2CCNCCS2(=O)=O)c1. The zero-order chi connectivity index (χ0) is 11.6. The van der Waals surface area contributed by atoms with Gasteiger partial charge in [0.1, 0.15) is 0 Å². The lowest BCUT2D eigenvalue weighted by molar-refractivity contribution is 0.594. The number of nitrogens with zero attached hydrogens (tertiary/aromatic N) is 1. The molecule has 0 unspecified atom stereocenters. The minimum Gasteiger partial charge on any atom is -0.314 e. The maximum atomic E-state index is 12.0. The van der Waals surface area contributed by atoms with Gasteiger partial charge in [0, 0.05) is 19.6 Å². The summed E-state index contributed by atoms with van der Waals surface area (Å²) in [5.41, 5.74) is 1.84. The molecule has 4 nitrogen and oxygen atoms in total. The van der Waals surface area contributed by atoms with Crippen molar-refractivity contribution in [1.29, 1.82) is 0 Å². The Balaban J connectivity index is 2.37. The first-order valence-corrected chi connectivity index (χ1v) is 6.98. The van der Waals surface area contributed by atoms with E-state index in [0.717, 1.165) is 11.3 Å². The van der Waals surface area contributed by atoms with Gasteiger partial charge in [0.05, 0.1) is 11.4 Å². The van der Waals surface area contributed by atoms with Gasteiger partial charge in [-0.25, -0.2) is 8.42 Å². The summed E-state index contributed by atoms with van der Waals surface area (Å²) < 4.78 is 25.5. The average molecular weight is 240 g/mol. The van der Waals surface area contributed by atoms with Crippen LogP contribution in [0.2, 0.25) is 0 Å². The van der Waals surface area contributed by atoms with E-state index in [1.807, 2.05) is 31.2 Å². The molecule has 0 radical (unpaired) electrons. The van der Waals surface area contributed by atoms with E-state index in [9.17, 15) is 8.42 Å². The van der Waals surface area contributed by atoms with E-state index < -0.39 is 10.0 Å². The van der Waals surface area contributed by atoms with Gasteiger partial charge in [0.15, 0.2) is 0 Å². The zero-order valence-corrected chi connectivity index (χ0v) is 10.1. The largest absolute Gasteiger partial charge is 0.314 e. The van der Waals surface area contributed by atoms with Gasteiger partial charge in [-0.1, -0.05) is 12.1 Å². The predicted molar refractivity (Wildman–Crippen MR) is 65.2 cm³/mol. The lowest BCUT2D eigenvalue weighted by atomic mass is 10.2. The van der Waals surface area contributed by atoms with Crippen molar-refractivity contribution in [1.82, 2.24) is 5.32 Å². The zero-order valence-electron chi connectivity index (χ0n) is 9.31. The van der Waals surface area contributed by atoms with Crippen molar-refractivity contribution in [2.75, 3.05) is 29.7 Å². The van der Waals surface area contributed by atoms with Gasteiger partial charge >= 0.3 is 0 Å². The third-order valence-electron chi connectivity index (χ3n) is 2.65. The lowest BCUT2D eigenvalue weighted by Crippen LogP contribution is -2.33. The van der Waals surface area contributed by atoms with E-state index in [4.69, 9.17) is 0 Å². The Kier molecular flexibility index (Phi) is 3.16. The van der Waals surface area contributed by atoms with E-state index in [1.54, 1.807) is 0 Å². The fourth-order valence-electron chi connectivity index (χ4n) is 1.83. The lowest BCUT2D eigenvalue weighted by Gasteiger charge is -2.22. The van der Waals surface area contributed by atoms with Gasteiger partial charge < -0.3 is 5.32 Å². The van der Waals surface area contributed by atoms with Gasteiger partial charge in [-0.2, -0.15) is 0 Å². The summed E-state index contributed by atoms with van der Waals surface area (Å²) in [6, 6.07) is 7.60. The number of nitrogens with one attached hydrogen (secondary N) is 1. The highest BCUT2D eigenvalue weighted by Crippen LogP contribution is 2.19. The molecule has 1 heterocycles. The minimum atomic E-state index is -3.16. The summed E-state index contributed by atoms with van der Waals surface area (Å²) in [6.45, 7) is 3.70. The van der Waals surface area contributed by atoms with Crippen LogP contribution in [-0.2, 0) is 10.0 Å². The van der Waals surface area contributed by atoms with Crippen molar-refractivity contribution in [2.45, 2.75) is 6.92 Å². The molecule has 1 N–H and O–H groups in total. The smallest absolute Gasteiger partial charge is 0.236 e. The Bertz CT molecular complexity index is 471. The van der Waals surface area contributed by atoms with Crippen molar-refractivity contribution >= 4 is 15.7 Å². The van der Waals surface area contributed by atoms with Crippen LogP contribution in [0.3, 0.4) is 0 Å². The van der Waals surface area contributed by atoms with E-state index in [1.165, 1.54) is 4.31 Å². The van der Waals surface area contributed by atoms with E-state index in [2.05, 4.69) is 5.32 Å². The van der Waals surface area contributed by atoms with Crippen molar-refractivity contribution in [3.05, 3.63) is 29.8 Å². The number of aryl methyl sites for hydroxylation is 1. The number of sulfonamides is 1.